The molecule has 0 bridgehead atoms. The third-order valence-electron chi connectivity index (χ3n) is 4.09. The van der Waals surface area contributed by atoms with Crippen molar-refractivity contribution in [2.75, 3.05) is 7.11 Å². The van der Waals surface area contributed by atoms with E-state index in [1.165, 1.54) is 37.7 Å². The van der Waals surface area contributed by atoms with Crippen LogP contribution in [0.3, 0.4) is 0 Å². The Morgan fingerprint density at radius 3 is 2.50 bits per heavy atom. The van der Waals surface area contributed by atoms with Crippen LogP contribution in [0, 0.1) is 5.41 Å². The smallest absolute Gasteiger partial charge is 0.120 e. The Balaban J connectivity index is 2.24. The van der Waals surface area contributed by atoms with Gasteiger partial charge >= 0.3 is 0 Å². The Hall–Kier alpha value is -0.210. The van der Waals surface area contributed by atoms with Gasteiger partial charge in [0.25, 0.3) is 0 Å². The van der Waals surface area contributed by atoms with Crippen LogP contribution in [0.5, 0.6) is 5.75 Å². The molecule has 1 nitrogen and oxygen atoms in total. The molecule has 1 aromatic rings. The molecule has 0 spiro atoms. The Bertz CT molecular complexity index is 413. The molecule has 3 heteroatoms. The van der Waals surface area contributed by atoms with E-state index in [0.29, 0.717) is 0 Å². The fourth-order valence-electron chi connectivity index (χ4n) is 2.83. The molecule has 0 saturated heterocycles. The molecule has 0 aromatic heterocycles. The van der Waals surface area contributed by atoms with Crippen LogP contribution in [0.4, 0.5) is 0 Å². The molecule has 1 unspecified atom stereocenters. The number of hydrogen-bond donors (Lipinski definition) is 0. The Morgan fingerprint density at radius 1 is 1.28 bits per heavy atom. The fraction of sp³-hybridized carbons (Fsp3) is 0.600. The zero-order valence-corrected chi connectivity index (χ0v) is 13.4. The highest BCUT2D eigenvalue weighted by atomic mass is 79.9. The van der Waals surface area contributed by atoms with Crippen molar-refractivity contribution in [3.8, 4) is 5.75 Å². The maximum atomic E-state index is 6.76. The number of ether oxygens (including phenoxy) is 1. The second kappa shape index (κ2) is 5.83. The molecule has 1 aliphatic rings. The first-order valence-electron chi connectivity index (χ1n) is 6.54. The molecular weight excluding hydrogens is 312 g/mol. The molecule has 0 aliphatic heterocycles. The van der Waals surface area contributed by atoms with Crippen LogP contribution in [0.25, 0.3) is 0 Å². The lowest BCUT2D eigenvalue weighted by Gasteiger charge is -2.38. The lowest BCUT2D eigenvalue weighted by molar-refractivity contribution is 0.206. The average Bonchev–Trinajstić information content (AvgIpc) is 2.38. The van der Waals surface area contributed by atoms with E-state index in [4.69, 9.17) is 16.3 Å². The van der Waals surface area contributed by atoms with Gasteiger partial charge in [-0.3, -0.25) is 0 Å². The zero-order chi connectivity index (χ0) is 13.2. The second-order valence-electron chi connectivity index (χ2n) is 5.46. The molecule has 0 heterocycles. The number of alkyl halides is 1. The third kappa shape index (κ3) is 2.85. The van der Waals surface area contributed by atoms with E-state index in [9.17, 15) is 0 Å². The van der Waals surface area contributed by atoms with Gasteiger partial charge in [0.2, 0.25) is 0 Å². The van der Waals surface area contributed by atoms with Gasteiger partial charge in [0.15, 0.2) is 0 Å². The van der Waals surface area contributed by atoms with Crippen LogP contribution in [0.1, 0.15) is 50.0 Å². The highest BCUT2D eigenvalue weighted by molar-refractivity contribution is 9.10. The van der Waals surface area contributed by atoms with Crippen molar-refractivity contribution in [1.29, 1.82) is 0 Å². The van der Waals surface area contributed by atoms with E-state index in [-0.39, 0.29) is 10.8 Å². The first-order chi connectivity index (χ1) is 8.57. The minimum Gasteiger partial charge on any atom is -0.497 e. The van der Waals surface area contributed by atoms with Crippen LogP contribution in [-0.4, -0.2) is 7.11 Å². The summed E-state index contributed by atoms with van der Waals surface area (Å²) in [4.78, 5) is 0. The lowest BCUT2D eigenvalue weighted by Crippen LogP contribution is -2.25. The Morgan fingerprint density at radius 2 is 1.94 bits per heavy atom. The quantitative estimate of drug-likeness (QED) is 0.645. The molecule has 0 radical (unpaired) electrons. The molecule has 1 fully saturated rings. The largest absolute Gasteiger partial charge is 0.497 e. The van der Waals surface area contributed by atoms with Crippen LogP contribution < -0.4 is 4.74 Å². The zero-order valence-electron chi connectivity index (χ0n) is 11.0. The molecular formula is C15H20BrClO. The van der Waals surface area contributed by atoms with Crippen LogP contribution >= 0.6 is 27.5 Å². The lowest BCUT2D eigenvalue weighted by atomic mass is 9.71. The Labute approximate surface area is 123 Å². The monoisotopic (exact) mass is 330 g/mol. The van der Waals surface area contributed by atoms with Gasteiger partial charge in [-0.25, -0.2) is 0 Å². The van der Waals surface area contributed by atoms with Crippen molar-refractivity contribution in [3.05, 3.63) is 28.2 Å². The fourth-order valence-corrected chi connectivity index (χ4v) is 3.96. The molecule has 18 heavy (non-hydrogen) atoms. The van der Waals surface area contributed by atoms with Crippen molar-refractivity contribution in [2.24, 2.45) is 5.41 Å². The Kier molecular flexibility index (Phi) is 4.60. The van der Waals surface area contributed by atoms with E-state index in [0.717, 1.165) is 10.2 Å². The van der Waals surface area contributed by atoms with Gasteiger partial charge < -0.3 is 4.74 Å². The van der Waals surface area contributed by atoms with Crippen LogP contribution in [0.15, 0.2) is 22.7 Å². The molecule has 0 N–H and O–H groups in total. The first kappa shape index (κ1) is 14.2. The van der Waals surface area contributed by atoms with Crippen LogP contribution in [-0.2, 0) is 0 Å². The highest BCUT2D eigenvalue weighted by Gasteiger charge is 2.36. The van der Waals surface area contributed by atoms with E-state index >= 15 is 0 Å². The molecule has 1 aliphatic carbocycles. The van der Waals surface area contributed by atoms with E-state index in [1.807, 2.05) is 12.1 Å². The molecule has 0 amide bonds. The van der Waals surface area contributed by atoms with Gasteiger partial charge in [0.1, 0.15) is 5.75 Å². The molecule has 2 rings (SSSR count). The number of rotatable bonds is 3. The van der Waals surface area contributed by atoms with E-state index in [2.05, 4.69) is 28.9 Å². The summed E-state index contributed by atoms with van der Waals surface area (Å²) >= 11 is 10.4. The molecule has 1 atom stereocenters. The van der Waals surface area contributed by atoms with E-state index < -0.39 is 0 Å². The maximum absolute atomic E-state index is 6.76. The standard InChI is InChI=1S/C15H20BrClO/c1-15(8-4-3-5-9-15)14(17)12-7-6-11(18-2)10-13(12)16/h6-7,10,14H,3-5,8-9H2,1-2H3. The number of methoxy groups -OCH3 is 1. The van der Waals surface area contributed by atoms with Crippen LogP contribution in [0.2, 0.25) is 0 Å². The van der Waals surface area contributed by atoms with Crippen molar-refractivity contribution in [3.63, 3.8) is 0 Å². The van der Waals surface area contributed by atoms with Crippen molar-refractivity contribution < 1.29 is 4.74 Å². The van der Waals surface area contributed by atoms with Gasteiger partial charge in [-0.15, -0.1) is 11.6 Å². The van der Waals surface area contributed by atoms with Crippen molar-refractivity contribution >= 4 is 27.5 Å². The summed E-state index contributed by atoms with van der Waals surface area (Å²) in [7, 11) is 1.68. The van der Waals surface area contributed by atoms with Crippen molar-refractivity contribution in [1.82, 2.24) is 0 Å². The summed E-state index contributed by atoms with van der Waals surface area (Å²) in [6.07, 6.45) is 6.39. The van der Waals surface area contributed by atoms with Crippen molar-refractivity contribution in [2.45, 2.75) is 44.4 Å². The highest BCUT2D eigenvalue weighted by Crippen LogP contribution is 2.50. The van der Waals surface area contributed by atoms with E-state index in [1.54, 1.807) is 7.11 Å². The number of hydrogen-bond acceptors (Lipinski definition) is 1. The molecule has 100 valence electrons. The number of halogens is 2. The minimum absolute atomic E-state index is 0.0677. The third-order valence-corrected chi connectivity index (χ3v) is 5.54. The summed E-state index contributed by atoms with van der Waals surface area (Å²) in [5.74, 6) is 0.864. The first-order valence-corrected chi connectivity index (χ1v) is 7.77. The maximum Gasteiger partial charge on any atom is 0.120 e. The van der Waals surface area contributed by atoms with Gasteiger partial charge in [0, 0.05) is 4.47 Å². The minimum atomic E-state index is 0.0677. The average molecular weight is 332 g/mol. The summed E-state index contributed by atoms with van der Waals surface area (Å²) in [6, 6.07) is 6.07. The second-order valence-corrected chi connectivity index (χ2v) is 6.76. The van der Waals surface area contributed by atoms with Gasteiger partial charge in [-0.1, -0.05) is 48.2 Å². The SMILES string of the molecule is COc1ccc(C(Cl)C2(C)CCCCC2)c(Br)c1. The molecule has 1 saturated carbocycles. The summed E-state index contributed by atoms with van der Waals surface area (Å²) in [6.45, 7) is 2.32. The normalized spacial score (nSPS) is 20.4. The predicted molar refractivity (Wildman–Crippen MR) is 80.5 cm³/mol. The predicted octanol–water partition coefficient (Wildman–Crippen LogP) is 5.71. The molecule has 1 aromatic carbocycles. The summed E-state index contributed by atoms with van der Waals surface area (Å²) in [5, 5.41) is 0.0677. The van der Waals surface area contributed by atoms with Gasteiger partial charge in [0.05, 0.1) is 12.5 Å². The summed E-state index contributed by atoms with van der Waals surface area (Å²) < 4.78 is 6.28. The van der Waals surface area contributed by atoms with Gasteiger partial charge in [-0.2, -0.15) is 0 Å². The number of benzene rings is 1. The summed E-state index contributed by atoms with van der Waals surface area (Å²) in [5.41, 5.74) is 1.40. The van der Waals surface area contributed by atoms with Gasteiger partial charge in [-0.05, 0) is 36.0 Å². The topological polar surface area (TPSA) is 9.23 Å².